The number of hydrogen-bond donors (Lipinski definition) is 3. The first-order valence-corrected chi connectivity index (χ1v) is 9.27. The summed E-state index contributed by atoms with van der Waals surface area (Å²) in [5.74, 6) is -0.293. The van der Waals surface area contributed by atoms with Gasteiger partial charge in [-0.05, 0) is 24.6 Å². The van der Waals surface area contributed by atoms with Crippen molar-refractivity contribution in [3.8, 4) is 6.07 Å². The van der Waals surface area contributed by atoms with Gasteiger partial charge in [-0.3, -0.25) is 4.79 Å². The van der Waals surface area contributed by atoms with Crippen molar-refractivity contribution in [3.63, 3.8) is 0 Å². The molecule has 0 bridgehead atoms. The van der Waals surface area contributed by atoms with Crippen molar-refractivity contribution >= 4 is 34.4 Å². The lowest BCUT2D eigenvalue weighted by atomic mass is 10.00. The molecule has 0 aliphatic carbocycles. The molecule has 0 saturated carbocycles. The SMILES string of the molecule is N#Cc1c[nH]c2ncnc(N3CC[C@](N)(CNC(=O)c4ccc(F)cc4Cl)C3)c12. The van der Waals surface area contributed by atoms with Crippen molar-refractivity contribution < 1.29 is 9.18 Å². The highest BCUT2D eigenvalue weighted by atomic mass is 35.5. The highest BCUT2D eigenvalue weighted by Crippen LogP contribution is 2.30. The molecule has 4 rings (SSSR count). The molecule has 0 spiro atoms. The van der Waals surface area contributed by atoms with Gasteiger partial charge in [-0.25, -0.2) is 14.4 Å². The summed E-state index contributed by atoms with van der Waals surface area (Å²) in [6, 6.07) is 5.75. The van der Waals surface area contributed by atoms with Crippen molar-refractivity contribution in [1.82, 2.24) is 20.3 Å². The van der Waals surface area contributed by atoms with Crippen LogP contribution in [0.2, 0.25) is 5.02 Å². The van der Waals surface area contributed by atoms with Gasteiger partial charge in [-0.1, -0.05) is 11.6 Å². The van der Waals surface area contributed by atoms with E-state index >= 15 is 0 Å². The first kappa shape index (κ1) is 19.1. The zero-order chi connectivity index (χ0) is 20.6. The standard InChI is InChI=1S/C19H17ClFN7O/c20-14-5-12(21)1-2-13(14)18(29)25-8-19(23)3-4-28(9-19)17-15-11(6-22)7-24-16(15)26-10-27-17/h1-2,5,7,10H,3-4,8-9,23H2,(H,25,29)(H,24,26,27)/t19-/m0/s1. The lowest BCUT2D eigenvalue weighted by molar-refractivity contribution is 0.0945. The van der Waals surface area contributed by atoms with Crippen LogP contribution >= 0.6 is 11.6 Å². The Morgan fingerprint density at radius 3 is 3.07 bits per heavy atom. The Hall–Kier alpha value is -3.22. The van der Waals surface area contributed by atoms with E-state index in [1.54, 1.807) is 6.20 Å². The molecule has 4 N–H and O–H groups in total. The molecule has 1 aliphatic rings. The van der Waals surface area contributed by atoms with Crippen LogP contribution in [0.15, 0.2) is 30.7 Å². The molecule has 3 aromatic rings. The summed E-state index contributed by atoms with van der Waals surface area (Å²) in [6.45, 7) is 1.26. The highest BCUT2D eigenvalue weighted by Gasteiger charge is 2.36. The molecule has 1 fully saturated rings. The van der Waals surface area contributed by atoms with Crippen LogP contribution in [0.5, 0.6) is 0 Å². The monoisotopic (exact) mass is 413 g/mol. The fourth-order valence-corrected chi connectivity index (χ4v) is 3.77. The van der Waals surface area contributed by atoms with Gasteiger partial charge in [0.2, 0.25) is 0 Å². The van der Waals surface area contributed by atoms with Gasteiger partial charge in [0, 0.05) is 25.8 Å². The van der Waals surface area contributed by atoms with Gasteiger partial charge in [-0.2, -0.15) is 5.26 Å². The van der Waals surface area contributed by atoms with E-state index in [0.717, 1.165) is 6.07 Å². The summed E-state index contributed by atoms with van der Waals surface area (Å²) in [5, 5.41) is 12.8. The Morgan fingerprint density at radius 2 is 2.31 bits per heavy atom. The minimum atomic E-state index is -0.692. The lowest BCUT2D eigenvalue weighted by Gasteiger charge is -2.25. The van der Waals surface area contributed by atoms with Crippen molar-refractivity contribution in [3.05, 3.63) is 52.7 Å². The molecule has 1 aliphatic heterocycles. The fraction of sp³-hybridized carbons (Fsp3) is 0.263. The number of anilines is 1. The number of nitrogens with zero attached hydrogens (tertiary/aromatic N) is 4. The van der Waals surface area contributed by atoms with Crippen molar-refractivity contribution in [2.75, 3.05) is 24.5 Å². The number of carbonyl (C=O) groups is 1. The number of hydrogen-bond acceptors (Lipinski definition) is 6. The number of rotatable bonds is 4. The third-order valence-corrected chi connectivity index (χ3v) is 5.34. The van der Waals surface area contributed by atoms with E-state index in [9.17, 15) is 14.4 Å². The maximum atomic E-state index is 13.2. The maximum absolute atomic E-state index is 13.2. The number of nitriles is 1. The largest absolute Gasteiger partial charge is 0.354 e. The number of benzene rings is 1. The molecule has 1 saturated heterocycles. The summed E-state index contributed by atoms with van der Waals surface area (Å²) >= 11 is 5.95. The van der Waals surface area contributed by atoms with Crippen LogP contribution in [-0.4, -0.2) is 46.0 Å². The fourth-order valence-electron chi connectivity index (χ4n) is 3.52. The third kappa shape index (κ3) is 3.60. The first-order valence-electron chi connectivity index (χ1n) is 8.89. The van der Waals surface area contributed by atoms with E-state index in [1.165, 1.54) is 18.5 Å². The summed E-state index contributed by atoms with van der Waals surface area (Å²) < 4.78 is 13.2. The summed E-state index contributed by atoms with van der Waals surface area (Å²) in [5.41, 5.74) is 7.04. The Labute approximate surface area is 170 Å². The third-order valence-electron chi connectivity index (χ3n) is 5.03. The van der Waals surface area contributed by atoms with Crippen molar-refractivity contribution in [2.24, 2.45) is 5.73 Å². The number of halogens is 2. The molecule has 148 valence electrons. The topological polar surface area (TPSA) is 124 Å². The molecule has 10 heteroatoms. The second kappa shape index (κ2) is 7.31. The second-order valence-electron chi connectivity index (χ2n) is 7.08. The van der Waals surface area contributed by atoms with E-state index < -0.39 is 17.3 Å². The molecule has 8 nitrogen and oxygen atoms in total. The molecule has 3 heterocycles. The number of nitrogens with one attached hydrogen (secondary N) is 2. The second-order valence-corrected chi connectivity index (χ2v) is 7.48. The number of aromatic amines is 1. The van der Waals surface area contributed by atoms with Gasteiger partial charge in [0.25, 0.3) is 5.91 Å². The number of fused-ring (bicyclic) bond motifs is 1. The molecular weight excluding hydrogens is 397 g/mol. The molecule has 0 radical (unpaired) electrons. The van der Waals surface area contributed by atoms with Crippen LogP contribution < -0.4 is 16.0 Å². The predicted octanol–water partition coefficient (Wildman–Crippen LogP) is 1.96. The Kier molecular flexibility index (Phi) is 4.82. The van der Waals surface area contributed by atoms with Crippen molar-refractivity contribution in [1.29, 1.82) is 5.26 Å². The zero-order valence-electron chi connectivity index (χ0n) is 15.2. The van der Waals surface area contributed by atoms with E-state index in [0.29, 0.717) is 41.9 Å². The number of nitrogens with two attached hydrogens (primary N) is 1. The first-order chi connectivity index (χ1) is 13.9. The maximum Gasteiger partial charge on any atom is 0.252 e. The van der Waals surface area contributed by atoms with Crippen LogP contribution in [0.4, 0.5) is 10.2 Å². The van der Waals surface area contributed by atoms with Gasteiger partial charge in [-0.15, -0.1) is 0 Å². The number of carbonyl (C=O) groups excluding carboxylic acids is 1. The van der Waals surface area contributed by atoms with Crippen LogP contribution in [0.3, 0.4) is 0 Å². The van der Waals surface area contributed by atoms with Gasteiger partial charge in [0.15, 0.2) is 0 Å². The molecule has 29 heavy (non-hydrogen) atoms. The minimum absolute atomic E-state index is 0.0430. The van der Waals surface area contributed by atoms with Crippen LogP contribution in [0, 0.1) is 17.1 Å². The summed E-state index contributed by atoms with van der Waals surface area (Å²) in [6.07, 6.45) is 3.65. The van der Waals surface area contributed by atoms with Gasteiger partial charge < -0.3 is 20.9 Å². The highest BCUT2D eigenvalue weighted by molar-refractivity contribution is 6.33. The molecule has 1 amide bonds. The van der Waals surface area contributed by atoms with Gasteiger partial charge in [0.05, 0.1) is 27.1 Å². The van der Waals surface area contributed by atoms with E-state index in [1.807, 2.05) is 4.90 Å². The van der Waals surface area contributed by atoms with Gasteiger partial charge >= 0.3 is 0 Å². The molecule has 0 unspecified atom stereocenters. The van der Waals surface area contributed by atoms with Gasteiger partial charge in [0.1, 0.15) is 29.7 Å². The van der Waals surface area contributed by atoms with E-state index in [2.05, 4.69) is 26.3 Å². The molecular formula is C19H17ClFN7O. The predicted molar refractivity (Wildman–Crippen MR) is 106 cm³/mol. The quantitative estimate of drug-likeness (QED) is 0.600. The van der Waals surface area contributed by atoms with Crippen LogP contribution in [0.25, 0.3) is 11.0 Å². The molecule has 1 atom stereocenters. The number of aromatic nitrogens is 3. The summed E-state index contributed by atoms with van der Waals surface area (Å²) in [7, 11) is 0. The smallest absolute Gasteiger partial charge is 0.252 e. The Morgan fingerprint density at radius 1 is 1.48 bits per heavy atom. The van der Waals surface area contributed by atoms with Crippen LogP contribution in [-0.2, 0) is 0 Å². The number of amides is 1. The summed E-state index contributed by atoms with van der Waals surface area (Å²) in [4.78, 5) is 25.8. The Balaban J connectivity index is 1.49. The molecule has 2 aromatic heterocycles. The average Bonchev–Trinajstić information content (AvgIpc) is 3.30. The molecule has 1 aromatic carbocycles. The van der Waals surface area contributed by atoms with E-state index in [-0.39, 0.29) is 17.1 Å². The average molecular weight is 414 g/mol. The number of H-pyrrole nitrogens is 1. The van der Waals surface area contributed by atoms with Crippen molar-refractivity contribution in [2.45, 2.75) is 12.0 Å². The Bertz CT molecular complexity index is 1140. The zero-order valence-corrected chi connectivity index (χ0v) is 16.0. The van der Waals surface area contributed by atoms with E-state index in [4.69, 9.17) is 17.3 Å². The minimum Gasteiger partial charge on any atom is -0.354 e. The van der Waals surface area contributed by atoms with Crippen LogP contribution in [0.1, 0.15) is 22.3 Å². The normalized spacial score (nSPS) is 18.8. The lowest BCUT2D eigenvalue weighted by Crippen LogP contribution is -2.52.